The highest BCUT2D eigenvalue weighted by Crippen LogP contribution is 2.19. The molecule has 0 saturated carbocycles. The summed E-state index contributed by atoms with van der Waals surface area (Å²) in [5, 5.41) is 20.9. The molecule has 0 aliphatic rings. The molecule has 0 aliphatic heterocycles. The van der Waals surface area contributed by atoms with Crippen LogP contribution in [0.3, 0.4) is 0 Å². The fourth-order valence-electron chi connectivity index (χ4n) is 0.900. The van der Waals surface area contributed by atoms with E-state index in [4.69, 9.17) is 5.11 Å². The summed E-state index contributed by atoms with van der Waals surface area (Å²) in [4.78, 5) is 21.9. The van der Waals surface area contributed by atoms with Crippen molar-refractivity contribution in [3.63, 3.8) is 0 Å². The first-order valence-electron chi connectivity index (χ1n) is 6.28. The molecule has 1 atom stereocenters. The van der Waals surface area contributed by atoms with Crippen molar-refractivity contribution in [3.8, 4) is 0 Å². The zero-order valence-corrected chi connectivity index (χ0v) is 12.1. The van der Waals surface area contributed by atoms with Gasteiger partial charge in [0.05, 0.1) is 6.61 Å². The van der Waals surface area contributed by atoms with Gasteiger partial charge in [0.1, 0.15) is 11.9 Å². The van der Waals surface area contributed by atoms with E-state index in [0.717, 1.165) is 0 Å². The van der Waals surface area contributed by atoms with Crippen LogP contribution in [0.15, 0.2) is 0 Å². The topological polar surface area (TPSA) is 86.6 Å². The second-order valence-electron chi connectivity index (χ2n) is 5.00. The van der Waals surface area contributed by atoms with Crippen molar-refractivity contribution >= 4 is 11.7 Å². The Labute approximate surface area is 110 Å². The number of hydrogen-bond donors (Lipinski definition) is 3. The summed E-state index contributed by atoms with van der Waals surface area (Å²) in [5.41, 5.74) is -0.875. The Balaban J connectivity index is 0. The van der Waals surface area contributed by atoms with E-state index in [9.17, 15) is 14.7 Å². The summed E-state index contributed by atoms with van der Waals surface area (Å²) < 4.78 is 0. The Morgan fingerprint density at radius 3 is 2.06 bits per heavy atom. The Morgan fingerprint density at radius 2 is 1.72 bits per heavy atom. The first kappa shape index (κ1) is 19.4. The molecule has 0 spiro atoms. The second kappa shape index (κ2) is 10.0. The number of amides is 1. The third-order valence-electron chi connectivity index (χ3n) is 2.17. The predicted molar refractivity (Wildman–Crippen MR) is 71.1 cm³/mol. The fourth-order valence-corrected chi connectivity index (χ4v) is 0.900. The smallest absolute Gasteiger partial charge is 0.249 e. The number of carbonyl (C=O) groups excluding carboxylic acids is 2. The van der Waals surface area contributed by atoms with Gasteiger partial charge in [0.2, 0.25) is 5.91 Å². The Bertz CT molecular complexity index is 251. The molecular formula is C13H27NO4. The van der Waals surface area contributed by atoms with Crippen LogP contribution in [0.2, 0.25) is 0 Å². The van der Waals surface area contributed by atoms with E-state index < -0.39 is 17.4 Å². The van der Waals surface area contributed by atoms with Crippen LogP contribution in [0.4, 0.5) is 0 Å². The zero-order valence-electron chi connectivity index (χ0n) is 12.1. The lowest BCUT2D eigenvalue weighted by molar-refractivity contribution is -0.137. The third kappa shape index (κ3) is 9.13. The van der Waals surface area contributed by atoms with E-state index in [0.29, 0.717) is 0 Å². The van der Waals surface area contributed by atoms with Gasteiger partial charge in [-0.1, -0.05) is 34.1 Å². The lowest BCUT2D eigenvalue weighted by Gasteiger charge is -2.27. The minimum absolute atomic E-state index is 0.0220. The SMILES string of the molecule is CC(=O)CCNC(=O)[C@H](O)C(C)(C)CO.CCC. The lowest BCUT2D eigenvalue weighted by Crippen LogP contribution is -2.45. The summed E-state index contributed by atoms with van der Waals surface area (Å²) >= 11 is 0. The lowest BCUT2D eigenvalue weighted by atomic mass is 9.87. The van der Waals surface area contributed by atoms with Gasteiger partial charge in [0.25, 0.3) is 0 Å². The Kier molecular flexibility index (Phi) is 10.8. The van der Waals surface area contributed by atoms with Gasteiger partial charge in [0, 0.05) is 18.4 Å². The maximum Gasteiger partial charge on any atom is 0.249 e. The van der Waals surface area contributed by atoms with Gasteiger partial charge in [-0.15, -0.1) is 0 Å². The molecule has 0 fully saturated rings. The highest BCUT2D eigenvalue weighted by molar-refractivity contribution is 5.82. The molecule has 0 aromatic carbocycles. The van der Waals surface area contributed by atoms with E-state index in [1.807, 2.05) is 0 Å². The maximum absolute atomic E-state index is 11.3. The summed E-state index contributed by atoms with van der Waals surface area (Å²) in [6.45, 7) is 8.78. The van der Waals surface area contributed by atoms with E-state index in [1.54, 1.807) is 13.8 Å². The monoisotopic (exact) mass is 261 g/mol. The molecule has 5 nitrogen and oxygen atoms in total. The predicted octanol–water partition coefficient (Wildman–Crippen LogP) is 0.877. The zero-order chi connectivity index (χ0) is 14.8. The van der Waals surface area contributed by atoms with Gasteiger partial charge < -0.3 is 15.5 Å². The van der Waals surface area contributed by atoms with Crippen LogP contribution in [-0.4, -0.2) is 41.2 Å². The molecule has 0 aromatic heterocycles. The van der Waals surface area contributed by atoms with Crippen LogP contribution in [0.1, 0.15) is 47.5 Å². The largest absolute Gasteiger partial charge is 0.396 e. The third-order valence-corrected chi connectivity index (χ3v) is 2.17. The van der Waals surface area contributed by atoms with Gasteiger partial charge in [-0.3, -0.25) is 9.59 Å². The number of aliphatic hydroxyl groups excluding tert-OH is 2. The maximum atomic E-state index is 11.3. The average molecular weight is 261 g/mol. The summed E-state index contributed by atoms with van der Waals surface area (Å²) in [7, 11) is 0. The highest BCUT2D eigenvalue weighted by atomic mass is 16.3. The van der Waals surface area contributed by atoms with Crippen LogP contribution < -0.4 is 5.32 Å². The number of hydrogen-bond acceptors (Lipinski definition) is 4. The number of aliphatic hydroxyl groups is 2. The number of rotatable bonds is 6. The molecule has 0 unspecified atom stereocenters. The van der Waals surface area contributed by atoms with E-state index in [1.165, 1.54) is 13.3 Å². The van der Waals surface area contributed by atoms with E-state index in [-0.39, 0.29) is 25.4 Å². The first-order valence-corrected chi connectivity index (χ1v) is 6.28. The normalized spacial score (nSPS) is 12.2. The quantitative estimate of drug-likeness (QED) is 0.662. The van der Waals surface area contributed by atoms with Gasteiger partial charge in [-0.05, 0) is 6.92 Å². The van der Waals surface area contributed by atoms with Gasteiger partial charge >= 0.3 is 0 Å². The summed E-state index contributed by atoms with van der Waals surface area (Å²) in [5.74, 6) is -0.582. The molecular weight excluding hydrogens is 234 g/mol. The number of carbonyl (C=O) groups is 2. The average Bonchev–Trinajstić information content (AvgIpc) is 2.28. The van der Waals surface area contributed by atoms with Crippen LogP contribution in [0, 0.1) is 5.41 Å². The summed E-state index contributed by atoms with van der Waals surface area (Å²) in [6.07, 6.45) is 0.229. The van der Waals surface area contributed by atoms with Crippen molar-refractivity contribution in [2.75, 3.05) is 13.2 Å². The molecule has 0 heterocycles. The highest BCUT2D eigenvalue weighted by Gasteiger charge is 2.32. The molecule has 0 saturated heterocycles. The molecule has 0 radical (unpaired) electrons. The fraction of sp³-hybridized carbons (Fsp3) is 0.846. The van der Waals surface area contributed by atoms with Crippen molar-refractivity contribution in [1.29, 1.82) is 0 Å². The van der Waals surface area contributed by atoms with Gasteiger partial charge in [0.15, 0.2) is 0 Å². The first-order chi connectivity index (χ1) is 8.22. The number of nitrogens with one attached hydrogen (secondary N) is 1. The van der Waals surface area contributed by atoms with E-state index in [2.05, 4.69) is 19.2 Å². The van der Waals surface area contributed by atoms with Gasteiger partial charge in [-0.25, -0.2) is 0 Å². The molecule has 3 N–H and O–H groups in total. The molecule has 0 aliphatic carbocycles. The number of ketones is 1. The second-order valence-corrected chi connectivity index (χ2v) is 5.00. The van der Waals surface area contributed by atoms with Crippen LogP contribution >= 0.6 is 0 Å². The van der Waals surface area contributed by atoms with Crippen molar-refractivity contribution in [1.82, 2.24) is 5.32 Å². The molecule has 0 aromatic rings. The van der Waals surface area contributed by atoms with Crippen molar-refractivity contribution in [2.45, 2.75) is 53.6 Å². The minimum Gasteiger partial charge on any atom is -0.396 e. The van der Waals surface area contributed by atoms with Crippen LogP contribution in [0.25, 0.3) is 0 Å². The Morgan fingerprint density at radius 1 is 1.28 bits per heavy atom. The minimum atomic E-state index is -1.27. The summed E-state index contributed by atoms with van der Waals surface area (Å²) in [6, 6.07) is 0. The molecule has 0 bridgehead atoms. The van der Waals surface area contributed by atoms with Crippen molar-refractivity contribution < 1.29 is 19.8 Å². The molecule has 5 heteroatoms. The molecule has 1 amide bonds. The van der Waals surface area contributed by atoms with E-state index >= 15 is 0 Å². The van der Waals surface area contributed by atoms with Gasteiger partial charge in [-0.2, -0.15) is 0 Å². The molecule has 108 valence electrons. The van der Waals surface area contributed by atoms with Crippen LogP contribution in [0.5, 0.6) is 0 Å². The van der Waals surface area contributed by atoms with Crippen molar-refractivity contribution in [2.24, 2.45) is 5.41 Å². The molecule has 18 heavy (non-hydrogen) atoms. The standard InChI is InChI=1S/C10H19NO4.C3H8/c1-7(13)4-5-11-9(15)8(14)10(2,3)6-12;1-3-2/h8,12,14H,4-6H2,1-3H3,(H,11,15);3H2,1-2H3/t8-;/m0./s1. The Hall–Kier alpha value is -0.940. The van der Waals surface area contributed by atoms with Crippen molar-refractivity contribution in [3.05, 3.63) is 0 Å². The van der Waals surface area contributed by atoms with Crippen LogP contribution in [-0.2, 0) is 9.59 Å². The number of Topliss-reactive ketones (excluding diaryl/α,β-unsaturated/α-hetero) is 1. The molecule has 0 rings (SSSR count).